The SMILES string of the molecule is CCC(=O)Oc1c2ccccc2cc2cccc(C(C)(C)C)c12. The lowest BCUT2D eigenvalue weighted by atomic mass is 9.82. The Kier molecular flexibility index (Phi) is 3.85. The zero-order chi connectivity index (χ0) is 16.6. The molecular weight excluding hydrogens is 284 g/mol. The molecule has 23 heavy (non-hydrogen) atoms. The minimum atomic E-state index is -0.202. The van der Waals surface area contributed by atoms with Crippen LogP contribution in [0.5, 0.6) is 5.75 Å². The van der Waals surface area contributed by atoms with E-state index in [9.17, 15) is 4.79 Å². The average Bonchev–Trinajstić information content (AvgIpc) is 2.52. The molecule has 3 aromatic carbocycles. The summed E-state index contributed by atoms with van der Waals surface area (Å²) < 4.78 is 5.79. The summed E-state index contributed by atoms with van der Waals surface area (Å²) in [7, 11) is 0. The lowest BCUT2D eigenvalue weighted by Crippen LogP contribution is -2.13. The van der Waals surface area contributed by atoms with Crippen LogP contribution in [0.4, 0.5) is 0 Å². The van der Waals surface area contributed by atoms with Crippen molar-refractivity contribution >= 4 is 27.5 Å². The van der Waals surface area contributed by atoms with Crippen molar-refractivity contribution in [3.63, 3.8) is 0 Å². The summed E-state index contributed by atoms with van der Waals surface area (Å²) in [5.74, 6) is 0.488. The molecule has 0 aliphatic rings. The largest absolute Gasteiger partial charge is 0.425 e. The molecule has 0 bridgehead atoms. The Morgan fingerprint density at radius 3 is 2.39 bits per heavy atom. The molecule has 0 atom stereocenters. The molecule has 0 amide bonds. The number of ether oxygens (including phenoxy) is 1. The van der Waals surface area contributed by atoms with E-state index < -0.39 is 0 Å². The molecule has 0 spiro atoms. The molecule has 118 valence electrons. The number of hydrogen-bond acceptors (Lipinski definition) is 2. The fraction of sp³-hybridized carbons (Fsp3) is 0.286. The fourth-order valence-corrected chi connectivity index (χ4v) is 2.99. The number of rotatable bonds is 2. The normalized spacial score (nSPS) is 11.8. The summed E-state index contributed by atoms with van der Waals surface area (Å²) in [6.45, 7) is 8.37. The predicted molar refractivity (Wildman–Crippen MR) is 96.1 cm³/mol. The molecule has 2 heteroatoms. The van der Waals surface area contributed by atoms with Crippen LogP contribution >= 0.6 is 0 Å². The summed E-state index contributed by atoms with van der Waals surface area (Å²) in [6, 6.07) is 16.5. The molecule has 0 unspecified atom stereocenters. The van der Waals surface area contributed by atoms with E-state index in [0.717, 1.165) is 21.5 Å². The Bertz CT molecular complexity index is 885. The molecule has 3 aromatic rings. The van der Waals surface area contributed by atoms with Crippen molar-refractivity contribution in [2.45, 2.75) is 39.5 Å². The number of benzene rings is 3. The maximum absolute atomic E-state index is 12.0. The van der Waals surface area contributed by atoms with E-state index >= 15 is 0 Å². The monoisotopic (exact) mass is 306 g/mol. The van der Waals surface area contributed by atoms with E-state index in [1.54, 1.807) is 0 Å². The zero-order valence-corrected chi connectivity index (χ0v) is 14.1. The van der Waals surface area contributed by atoms with Gasteiger partial charge in [-0.2, -0.15) is 0 Å². The first kappa shape index (κ1) is 15.5. The van der Waals surface area contributed by atoms with Crippen LogP contribution < -0.4 is 4.74 Å². The van der Waals surface area contributed by atoms with Gasteiger partial charge in [-0.15, -0.1) is 0 Å². The molecule has 0 saturated heterocycles. The lowest BCUT2D eigenvalue weighted by molar-refractivity contribution is -0.133. The topological polar surface area (TPSA) is 26.3 Å². The standard InChI is InChI=1S/C21H22O2/c1-5-18(22)23-20-16-11-7-6-9-14(16)13-15-10-8-12-17(19(15)20)21(2,3)4/h6-13H,5H2,1-4H3. The third kappa shape index (κ3) is 2.81. The van der Waals surface area contributed by atoms with Gasteiger partial charge < -0.3 is 4.74 Å². The second-order valence-electron chi connectivity index (χ2n) is 6.91. The molecule has 0 fully saturated rings. The summed E-state index contributed by atoms with van der Waals surface area (Å²) in [6.07, 6.45) is 0.363. The predicted octanol–water partition coefficient (Wildman–Crippen LogP) is 5.61. The zero-order valence-electron chi connectivity index (χ0n) is 14.1. The van der Waals surface area contributed by atoms with Crippen LogP contribution in [0.3, 0.4) is 0 Å². The third-order valence-electron chi connectivity index (χ3n) is 4.15. The number of fused-ring (bicyclic) bond motifs is 2. The van der Waals surface area contributed by atoms with Gasteiger partial charge in [-0.3, -0.25) is 4.79 Å². The summed E-state index contributed by atoms with van der Waals surface area (Å²) in [5.41, 5.74) is 1.16. The maximum Gasteiger partial charge on any atom is 0.310 e. The van der Waals surface area contributed by atoms with E-state index in [0.29, 0.717) is 12.2 Å². The van der Waals surface area contributed by atoms with Gasteiger partial charge in [-0.05, 0) is 27.8 Å². The Morgan fingerprint density at radius 2 is 1.70 bits per heavy atom. The van der Waals surface area contributed by atoms with Gasteiger partial charge in [-0.1, -0.05) is 70.2 Å². The molecule has 0 N–H and O–H groups in total. The van der Waals surface area contributed by atoms with Crippen LogP contribution in [0, 0.1) is 0 Å². The van der Waals surface area contributed by atoms with Crippen molar-refractivity contribution in [2.24, 2.45) is 0 Å². The fourth-order valence-electron chi connectivity index (χ4n) is 2.99. The first-order valence-corrected chi connectivity index (χ1v) is 8.07. The highest BCUT2D eigenvalue weighted by molar-refractivity contribution is 6.08. The van der Waals surface area contributed by atoms with Crippen molar-refractivity contribution in [3.8, 4) is 5.75 Å². The molecule has 0 aliphatic carbocycles. The van der Waals surface area contributed by atoms with Gasteiger partial charge in [-0.25, -0.2) is 0 Å². The molecule has 3 rings (SSSR count). The molecule has 0 heterocycles. The number of hydrogen-bond donors (Lipinski definition) is 0. The minimum absolute atomic E-state index is 0.0324. The number of esters is 1. The van der Waals surface area contributed by atoms with Crippen LogP contribution in [0.25, 0.3) is 21.5 Å². The number of carbonyl (C=O) groups is 1. The van der Waals surface area contributed by atoms with Crippen molar-refractivity contribution in [3.05, 3.63) is 54.1 Å². The van der Waals surface area contributed by atoms with E-state index in [1.165, 1.54) is 5.56 Å². The van der Waals surface area contributed by atoms with Crippen LogP contribution in [-0.4, -0.2) is 5.97 Å². The Labute approximate surface area is 137 Å². The summed E-state index contributed by atoms with van der Waals surface area (Å²) in [4.78, 5) is 12.0. The van der Waals surface area contributed by atoms with E-state index in [2.05, 4.69) is 51.1 Å². The number of carbonyl (C=O) groups excluding carboxylic acids is 1. The molecule has 0 radical (unpaired) electrons. The Hall–Kier alpha value is -2.35. The summed E-state index contributed by atoms with van der Waals surface area (Å²) >= 11 is 0. The molecule has 2 nitrogen and oxygen atoms in total. The minimum Gasteiger partial charge on any atom is -0.425 e. The molecule has 0 aromatic heterocycles. The van der Waals surface area contributed by atoms with Crippen molar-refractivity contribution in [1.29, 1.82) is 0 Å². The third-order valence-corrected chi connectivity index (χ3v) is 4.15. The average molecular weight is 306 g/mol. The molecular formula is C21H22O2. The van der Waals surface area contributed by atoms with E-state index in [-0.39, 0.29) is 11.4 Å². The van der Waals surface area contributed by atoms with Crippen LogP contribution in [-0.2, 0) is 10.2 Å². The summed E-state index contributed by atoms with van der Waals surface area (Å²) in [5, 5.41) is 4.22. The highest BCUT2D eigenvalue weighted by atomic mass is 16.5. The van der Waals surface area contributed by atoms with Gasteiger partial charge >= 0.3 is 5.97 Å². The van der Waals surface area contributed by atoms with Crippen LogP contribution in [0.2, 0.25) is 0 Å². The second kappa shape index (κ2) is 5.69. The van der Waals surface area contributed by atoms with Crippen molar-refractivity contribution in [2.75, 3.05) is 0 Å². The van der Waals surface area contributed by atoms with E-state index in [4.69, 9.17) is 4.74 Å². The quantitative estimate of drug-likeness (QED) is 0.349. The van der Waals surface area contributed by atoms with Crippen LogP contribution in [0.1, 0.15) is 39.7 Å². The van der Waals surface area contributed by atoms with Gasteiger partial charge in [0.2, 0.25) is 0 Å². The first-order chi connectivity index (χ1) is 10.9. The van der Waals surface area contributed by atoms with Crippen LogP contribution in [0.15, 0.2) is 48.5 Å². The van der Waals surface area contributed by atoms with Gasteiger partial charge in [0.05, 0.1) is 0 Å². The Morgan fingerprint density at radius 1 is 1.00 bits per heavy atom. The van der Waals surface area contributed by atoms with Gasteiger partial charge in [0.25, 0.3) is 0 Å². The van der Waals surface area contributed by atoms with Crippen molar-refractivity contribution in [1.82, 2.24) is 0 Å². The first-order valence-electron chi connectivity index (χ1n) is 8.07. The van der Waals surface area contributed by atoms with Crippen molar-refractivity contribution < 1.29 is 9.53 Å². The second-order valence-corrected chi connectivity index (χ2v) is 6.91. The highest BCUT2D eigenvalue weighted by Gasteiger charge is 2.21. The van der Waals surface area contributed by atoms with E-state index in [1.807, 2.05) is 25.1 Å². The lowest BCUT2D eigenvalue weighted by Gasteiger charge is -2.23. The highest BCUT2D eigenvalue weighted by Crippen LogP contribution is 2.40. The smallest absolute Gasteiger partial charge is 0.310 e. The van der Waals surface area contributed by atoms with Gasteiger partial charge in [0.15, 0.2) is 0 Å². The maximum atomic E-state index is 12.0. The Balaban J connectivity index is 2.46. The molecule has 0 saturated carbocycles. The molecule has 0 aliphatic heterocycles. The van der Waals surface area contributed by atoms with Gasteiger partial charge in [0.1, 0.15) is 5.75 Å². The van der Waals surface area contributed by atoms with Gasteiger partial charge in [0, 0.05) is 17.2 Å².